The van der Waals surface area contributed by atoms with Crippen LogP contribution in [-0.4, -0.2) is 63.2 Å². The molecular formula is C23H27N3O5S. The van der Waals surface area contributed by atoms with Gasteiger partial charge in [0.25, 0.3) is 5.91 Å². The van der Waals surface area contributed by atoms with Crippen molar-refractivity contribution in [2.45, 2.75) is 17.9 Å². The van der Waals surface area contributed by atoms with Crippen molar-refractivity contribution >= 4 is 26.8 Å². The SMILES string of the molecule is COc1ccc(C(=O)NCCCn2ccc3ccccc32)cc1S(=O)(=O)N1CCOCC1. The molecule has 1 N–H and O–H groups in total. The molecule has 8 nitrogen and oxygen atoms in total. The highest BCUT2D eigenvalue weighted by molar-refractivity contribution is 7.89. The van der Waals surface area contributed by atoms with Gasteiger partial charge in [-0.3, -0.25) is 4.79 Å². The van der Waals surface area contributed by atoms with Gasteiger partial charge >= 0.3 is 0 Å². The Hall–Kier alpha value is -2.88. The van der Waals surface area contributed by atoms with Crippen molar-refractivity contribution in [1.82, 2.24) is 14.2 Å². The number of amides is 1. The molecule has 2 heterocycles. The van der Waals surface area contributed by atoms with E-state index in [4.69, 9.17) is 9.47 Å². The van der Waals surface area contributed by atoms with Gasteiger partial charge in [0.05, 0.1) is 20.3 Å². The Kier molecular flexibility index (Phi) is 6.78. The molecule has 1 fully saturated rings. The molecule has 1 amide bonds. The topological polar surface area (TPSA) is 89.9 Å². The Balaban J connectivity index is 1.41. The van der Waals surface area contributed by atoms with Gasteiger partial charge in [-0.15, -0.1) is 0 Å². The first-order chi connectivity index (χ1) is 15.5. The predicted octanol–water partition coefficient (Wildman–Crippen LogP) is 2.49. The molecule has 0 saturated carbocycles. The second-order valence-corrected chi connectivity index (χ2v) is 9.47. The van der Waals surface area contributed by atoms with Crippen LogP contribution in [0.15, 0.2) is 59.6 Å². The molecule has 0 radical (unpaired) electrons. The number of aryl methyl sites for hydroxylation is 1. The molecule has 2 aromatic carbocycles. The maximum atomic E-state index is 13.1. The highest BCUT2D eigenvalue weighted by atomic mass is 32.2. The number of para-hydroxylation sites is 1. The predicted molar refractivity (Wildman–Crippen MR) is 121 cm³/mol. The maximum absolute atomic E-state index is 13.1. The molecule has 0 unspecified atom stereocenters. The molecule has 0 atom stereocenters. The van der Waals surface area contributed by atoms with Crippen LogP contribution in [0.1, 0.15) is 16.8 Å². The normalized spacial score (nSPS) is 15.0. The highest BCUT2D eigenvalue weighted by Crippen LogP contribution is 2.28. The molecule has 0 aliphatic carbocycles. The highest BCUT2D eigenvalue weighted by Gasteiger charge is 2.30. The summed E-state index contributed by atoms with van der Waals surface area (Å²) in [4.78, 5) is 12.7. The van der Waals surface area contributed by atoms with E-state index in [9.17, 15) is 13.2 Å². The molecule has 4 rings (SSSR count). The van der Waals surface area contributed by atoms with Crippen LogP contribution in [0.4, 0.5) is 0 Å². The number of ether oxygens (including phenoxy) is 2. The van der Waals surface area contributed by atoms with E-state index in [0.29, 0.717) is 19.8 Å². The van der Waals surface area contributed by atoms with Gasteiger partial charge in [-0.1, -0.05) is 18.2 Å². The van der Waals surface area contributed by atoms with E-state index in [1.54, 1.807) is 6.07 Å². The van der Waals surface area contributed by atoms with Crippen LogP contribution in [-0.2, 0) is 21.3 Å². The number of methoxy groups -OCH3 is 1. The smallest absolute Gasteiger partial charge is 0.251 e. The summed E-state index contributed by atoms with van der Waals surface area (Å²) >= 11 is 0. The van der Waals surface area contributed by atoms with Gasteiger partial charge in [0.15, 0.2) is 0 Å². The number of rotatable bonds is 8. The summed E-state index contributed by atoms with van der Waals surface area (Å²) in [6.45, 7) is 2.48. The zero-order valence-corrected chi connectivity index (χ0v) is 18.8. The zero-order valence-electron chi connectivity index (χ0n) is 18.0. The summed E-state index contributed by atoms with van der Waals surface area (Å²) < 4.78 is 40.2. The first kappa shape index (κ1) is 22.3. The van der Waals surface area contributed by atoms with Gasteiger partial charge in [0, 0.05) is 43.5 Å². The standard InChI is InChI=1S/C23H27N3O5S/c1-30-21-8-7-19(17-22(21)32(28,29)26-13-15-31-16-14-26)23(27)24-10-4-11-25-12-9-18-5-2-3-6-20(18)25/h2-3,5-9,12,17H,4,10-11,13-16H2,1H3,(H,24,27). The van der Waals surface area contributed by atoms with Gasteiger partial charge in [0.1, 0.15) is 10.6 Å². The van der Waals surface area contributed by atoms with Crippen molar-refractivity contribution in [3.8, 4) is 5.75 Å². The molecule has 170 valence electrons. The number of benzene rings is 2. The number of nitrogens with zero attached hydrogens (tertiary/aromatic N) is 2. The van der Waals surface area contributed by atoms with Gasteiger partial charge in [-0.2, -0.15) is 4.31 Å². The fourth-order valence-corrected chi connectivity index (χ4v) is 5.42. The van der Waals surface area contributed by atoms with Gasteiger partial charge in [0.2, 0.25) is 10.0 Å². The fraction of sp³-hybridized carbons (Fsp3) is 0.348. The van der Waals surface area contributed by atoms with Gasteiger partial charge in [-0.25, -0.2) is 8.42 Å². The Morgan fingerprint density at radius 3 is 2.69 bits per heavy atom. The number of hydrogen-bond donors (Lipinski definition) is 1. The van der Waals surface area contributed by atoms with Crippen LogP contribution in [0, 0.1) is 0 Å². The number of fused-ring (bicyclic) bond motifs is 1. The molecule has 32 heavy (non-hydrogen) atoms. The minimum Gasteiger partial charge on any atom is -0.495 e. The van der Waals surface area contributed by atoms with Crippen molar-refractivity contribution < 1.29 is 22.7 Å². The van der Waals surface area contributed by atoms with E-state index in [0.717, 1.165) is 18.5 Å². The van der Waals surface area contributed by atoms with Crippen LogP contribution in [0.2, 0.25) is 0 Å². The summed E-state index contributed by atoms with van der Waals surface area (Å²) in [5.74, 6) is -0.101. The minimum absolute atomic E-state index is 0.00615. The van der Waals surface area contributed by atoms with Gasteiger partial charge in [-0.05, 0) is 42.1 Å². The second kappa shape index (κ2) is 9.72. The van der Waals surface area contributed by atoms with Crippen molar-refractivity contribution in [2.75, 3.05) is 40.0 Å². The van der Waals surface area contributed by atoms with Gasteiger partial charge < -0.3 is 19.4 Å². The summed E-state index contributed by atoms with van der Waals surface area (Å²) in [6, 6.07) is 14.7. The molecule has 3 aromatic rings. The van der Waals surface area contributed by atoms with Crippen LogP contribution in [0.25, 0.3) is 10.9 Å². The van der Waals surface area contributed by atoms with E-state index in [2.05, 4.69) is 28.1 Å². The lowest BCUT2D eigenvalue weighted by molar-refractivity contribution is 0.0729. The van der Waals surface area contributed by atoms with Crippen LogP contribution >= 0.6 is 0 Å². The summed E-state index contributed by atoms with van der Waals surface area (Å²) in [5.41, 5.74) is 1.44. The van der Waals surface area contributed by atoms with E-state index in [1.807, 2.05) is 18.3 Å². The number of hydrogen-bond acceptors (Lipinski definition) is 5. The van der Waals surface area contributed by atoms with Crippen molar-refractivity contribution in [2.24, 2.45) is 0 Å². The molecule has 1 aliphatic rings. The van der Waals surface area contributed by atoms with Crippen molar-refractivity contribution in [3.05, 3.63) is 60.3 Å². The van der Waals surface area contributed by atoms with E-state index >= 15 is 0 Å². The Labute approximate surface area is 187 Å². The lowest BCUT2D eigenvalue weighted by Gasteiger charge is -2.26. The maximum Gasteiger partial charge on any atom is 0.251 e. The molecule has 1 aromatic heterocycles. The molecule has 9 heteroatoms. The molecule has 0 bridgehead atoms. The number of carbonyl (C=O) groups is 1. The number of morpholine rings is 1. The van der Waals surface area contributed by atoms with Crippen molar-refractivity contribution in [1.29, 1.82) is 0 Å². The number of aromatic nitrogens is 1. The lowest BCUT2D eigenvalue weighted by atomic mass is 10.2. The summed E-state index contributed by atoms with van der Waals surface area (Å²) in [6.07, 6.45) is 2.79. The molecule has 1 saturated heterocycles. The Morgan fingerprint density at radius 1 is 1.12 bits per heavy atom. The number of nitrogens with one attached hydrogen (secondary N) is 1. The van der Waals surface area contributed by atoms with E-state index < -0.39 is 10.0 Å². The largest absolute Gasteiger partial charge is 0.495 e. The first-order valence-electron chi connectivity index (χ1n) is 10.6. The summed E-state index contributed by atoms with van der Waals surface area (Å²) in [5, 5.41) is 4.07. The summed E-state index contributed by atoms with van der Waals surface area (Å²) in [7, 11) is -2.38. The Bertz CT molecular complexity index is 1200. The molecular weight excluding hydrogens is 430 g/mol. The quantitative estimate of drug-likeness (QED) is 0.525. The van der Waals surface area contributed by atoms with Crippen LogP contribution < -0.4 is 10.1 Å². The fourth-order valence-electron chi connectivity index (χ4n) is 3.83. The van der Waals surface area contributed by atoms with Crippen LogP contribution in [0.3, 0.4) is 0 Å². The third kappa shape index (κ3) is 4.64. The van der Waals surface area contributed by atoms with Crippen LogP contribution in [0.5, 0.6) is 5.75 Å². The van der Waals surface area contributed by atoms with E-state index in [1.165, 1.54) is 28.9 Å². The lowest BCUT2D eigenvalue weighted by Crippen LogP contribution is -2.40. The van der Waals surface area contributed by atoms with Crippen molar-refractivity contribution in [3.63, 3.8) is 0 Å². The average Bonchev–Trinajstić information content (AvgIpc) is 3.25. The van der Waals surface area contributed by atoms with E-state index in [-0.39, 0.29) is 35.2 Å². The number of carbonyl (C=O) groups excluding carboxylic acids is 1. The monoisotopic (exact) mass is 457 g/mol. The third-order valence-corrected chi connectivity index (χ3v) is 7.48. The Morgan fingerprint density at radius 2 is 1.91 bits per heavy atom. The molecule has 0 spiro atoms. The first-order valence-corrected chi connectivity index (χ1v) is 12.0. The third-order valence-electron chi connectivity index (χ3n) is 5.56. The molecule has 1 aliphatic heterocycles. The zero-order chi connectivity index (χ0) is 22.6. The number of sulfonamides is 1. The average molecular weight is 458 g/mol. The second-order valence-electron chi connectivity index (χ2n) is 7.56. The minimum atomic E-state index is -3.79.